The molecule has 0 fully saturated rings. The SMILES string of the molecule is OCCn1c2ccccc2n2cnnc12. The van der Waals surface area contributed by atoms with Crippen molar-refractivity contribution >= 4 is 16.8 Å². The third-order valence-corrected chi connectivity index (χ3v) is 2.53. The molecule has 5 nitrogen and oxygen atoms in total. The maximum atomic E-state index is 9.02. The van der Waals surface area contributed by atoms with Crippen molar-refractivity contribution in [1.29, 1.82) is 0 Å². The van der Waals surface area contributed by atoms with Crippen LogP contribution in [0.1, 0.15) is 0 Å². The summed E-state index contributed by atoms with van der Waals surface area (Å²) in [5, 5.41) is 16.9. The Balaban J connectivity index is 2.47. The molecule has 3 aromatic rings. The van der Waals surface area contributed by atoms with E-state index in [-0.39, 0.29) is 6.61 Å². The first-order chi connectivity index (χ1) is 7.42. The van der Waals surface area contributed by atoms with Crippen molar-refractivity contribution in [2.45, 2.75) is 6.54 Å². The molecule has 76 valence electrons. The molecule has 0 amide bonds. The van der Waals surface area contributed by atoms with Crippen LogP contribution in [0.4, 0.5) is 0 Å². The maximum Gasteiger partial charge on any atom is 0.236 e. The van der Waals surface area contributed by atoms with Gasteiger partial charge >= 0.3 is 0 Å². The summed E-state index contributed by atoms with van der Waals surface area (Å²) in [6.45, 7) is 0.636. The van der Waals surface area contributed by atoms with Crippen LogP contribution in [0.15, 0.2) is 30.6 Å². The van der Waals surface area contributed by atoms with Crippen molar-refractivity contribution in [3.05, 3.63) is 30.6 Å². The van der Waals surface area contributed by atoms with E-state index in [9.17, 15) is 0 Å². The normalized spacial score (nSPS) is 11.5. The van der Waals surface area contributed by atoms with Gasteiger partial charge in [0, 0.05) is 6.54 Å². The van der Waals surface area contributed by atoms with Gasteiger partial charge in [0.25, 0.3) is 0 Å². The summed E-state index contributed by atoms with van der Waals surface area (Å²) in [5.74, 6) is 0.769. The van der Waals surface area contributed by atoms with E-state index in [0.717, 1.165) is 16.8 Å². The largest absolute Gasteiger partial charge is 0.395 e. The van der Waals surface area contributed by atoms with Crippen LogP contribution in [0, 0.1) is 0 Å². The quantitative estimate of drug-likeness (QED) is 0.664. The van der Waals surface area contributed by atoms with Crippen molar-refractivity contribution in [3.8, 4) is 0 Å². The number of aliphatic hydroxyl groups is 1. The third kappa shape index (κ3) is 1.07. The summed E-state index contributed by atoms with van der Waals surface area (Å²) in [6.07, 6.45) is 1.69. The maximum absolute atomic E-state index is 9.02. The fraction of sp³-hybridized carbons (Fsp3) is 0.200. The van der Waals surface area contributed by atoms with Gasteiger partial charge in [-0.3, -0.25) is 4.40 Å². The first-order valence-electron chi connectivity index (χ1n) is 4.79. The summed E-state index contributed by atoms with van der Waals surface area (Å²) in [4.78, 5) is 0. The van der Waals surface area contributed by atoms with Gasteiger partial charge in [0.2, 0.25) is 5.78 Å². The molecule has 0 radical (unpaired) electrons. The molecule has 0 saturated carbocycles. The van der Waals surface area contributed by atoms with Crippen LogP contribution >= 0.6 is 0 Å². The van der Waals surface area contributed by atoms with Gasteiger partial charge in [-0.25, -0.2) is 0 Å². The second-order valence-electron chi connectivity index (χ2n) is 3.36. The summed E-state index contributed by atoms with van der Waals surface area (Å²) in [7, 11) is 0. The number of fused-ring (bicyclic) bond motifs is 3. The van der Waals surface area contributed by atoms with E-state index in [0.29, 0.717) is 6.54 Å². The number of hydrogen-bond acceptors (Lipinski definition) is 3. The number of para-hydroxylation sites is 2. The summed E-state index contributed by atoms with van der Waals surface area (Å²) in [5.41, 5.74) is 2.13. The molecule has 0 spiro atoms. The molecule has 0 atom stereocenters. The highest BCUT2D eigenvalue weighted by Crippen LogP contribution is 2.18. The Kier molecular flexibility index (Phi) is 1.72. The minimum Gasteiger partial charge on any atom is -0.395 e. The standard InChI is InChI=1S/C10H10N4O/c15-6-5-13-8-3-1-2-4-9(8)14-7-11-12-10(13)14/h1-4,7,15H,5-6H2. The molecule has 0 aliphatic rings. The molecular weight excluding hydrogens is 192 g/mol. The smallest absolute Gasteiger partial charge is 0.236 e. The summed E-state index contributed by atoms with van der Waals surface area (Å²) in [6, 6.07) is 7.98. The number of benzene rings is 1. The predicted molar refractivity (Wildman–Crippen MR) is 55.6 cm³/mol. The minimum atomic E-state index is 0.0984. The third-order valence-electron chi connectivity index (χ3n) is 2.53. The van der Waals surface area contributed by atoms with E-state index in [1.807, 2.05) is 33.2 Å². The highest BCUT2D eigenvalue weighted by Gasteiger charge is 2.10. The van der Waals surface area contributed by atoms with Crippen LogP contribution < -0.4 is 0 Å². The van der Waals surface area contributed by atoms with Gasteiger partial charge in [0.05, 0.1) is 17.6 Å². The van der Waals surface area contributed by atoms with Gasteiger partial charge in [-0.15, -0.1) is 10.2 Å². The number of rotatable bonds is 2. The van der Waals surface area contributed by atoms with Gasteiger partial charge in [-0.2, -0.15) is 0 Å². The van der Waals surface area contributed by atoms with E-state index in [1.54, 1.807) is 6.33 Å². The molecular formula is C10H10N4O. The van der Waals surface area contributed by atoms with Crippen LogP contribution in [0.5, 0.6) is 0 Å². The first kappa shape index (κ1) is 8.43. The van der Waals surface area contributed by atoms with Crippen molar-refractivity contribution in [3.63, 3.8) is 0 Å². The Hall–Kier alpha value is -1.88. The number of aliphatic hydroxyl groups excluding tert-OH is 1. The second kappa shape index (κ2) is 3.06. The molecule has 1 aromatic carbocycles. The Labute approximate surface area is 85.6 Å². The average molecular weight is 202 g/mol. The van der Waals surface area contributed by atoms with Crippen LogP contribution in [0.25, 0.3) is 16.8 Å². The van der Waals surface area contributed by atoms with Crippen molar-refractivity contribution in [2.24, 2.45) is 0 Å². The molecule has 0 unspecified atom stereocenters. The average Bonchev–Trinajstić information content (AvgIpc) is 2.82. The van der Waals surface area contributed by atoms with Gasteiger partial charge in [-0.05, 0) is 12.1 Å². The second-order valence-corrected chi connectivity index (χ2v) is 3.36. The lowest BCUT2D eigenvalue weighted by Crippen LogP contribution is -2.02. The molecule has 0 aliphatic heterocycles. The van der Waals surface area contributed by atoms with E-state index in [1.165, 1.54) is 0 Å². The lowest BCUT2D eigenvalue weighted by atomic mass is 10.3. The van der Waals surface area contributed by atoms with Crippen molar-refractivity contribution in [2.75, 3.05) is 6.61 Å². The van der Waals surface area contributed by atoms with Crippen LogP contribution in [-0.2, 0) is 6.54 Å². The molecule has 5 heteroatoms. The van der Waals surface area contributed by atoms with E-state index in [2.05, 4.69) is 10.2 Å². The topological polar surface area (TPSA) is 55.4 Å². The van der Waals surface area contributed by atoms with Crippen LogP contribution in [-0.4, -0.2) is 30.9 Å². The van der Waals surface area contributed by atoms with Gasteiger partial charge < -0.3 is 9.67 Å². The molecule has 3 rings (SSSR count). The minimum absolute atomic E-state index is 0.0984. The monoisotopic (exact) mass is 202 g/mol. The molecule has 15 heavy (non-hydrogen) atoms. The number of hydrogen-bond donors (Lipinski definition) is 1. The highest BCUT2D eigenvalue weighted by molar-refractivity contribution is 5.80. The van der Waals surface area contributed by atoms with Crippen LogP contribution in [0.2, 0.25) is 0 Å². The zero-order valence-corrected chi connectivity index (χ0v) is 8.04. The summed E-state index contributed by atoms with van der Waals surface area (Å²) < 4.78 is 3.88. The van der Waals surface area contributed by atoms with Gasteiger partial charge in [0.15, 0.2) is 0 Å². The zero-order chi connectivity index (χ0) is 10.3. The molecule has 0 aliphatic carbocycles. The van der Waals surface area contributed by atoms with Crippen molar-refractivity contribution in [1.82, 2.24) is 19.2 Å². The van der Waals surface area contributed by atoms with E-state index >= 15 is 0 Å². The Morgan fingerprint density at radius 3 is 2.80 bits per heavy atom. The molecule has 1 N–H and O–H groups in total. The molecule has 2 heterocycles. The highest BCUT2D eigenvalue weighted by atomic mass is 16.3. The predicted octanol–water partition coefficient (Wildman–Crippen LogP) is 0.676. The van der Waals surface area contributed by atoms with Crippen LogP contribution in [0.3, 0.4) is 0 Å². The van der Waals surface area contributed by atoms with Gasteiger partial charge in [-0.1, -0.05) is 12.1 Å². The first-order valence-corrected chi connectivity index (χ1v) is 4.79. The molecule has 0 saturated heterocycles. The lowest BCUT2D eigenvalue weighted by Gasteiger charge is -2.00. The Morgan fingerprint density at radius 2 is 2.00 bits per heavy atom. The Morgan fingerprint density at radius 1 is 1.20 bits per heavy atom. The van der Waals surface area contributed by atoms with E-state index in [4.69, 9.17) is 5.11 Å². The van der Waals surface area contributed by atoms with E-state index < -0.39 is 0 Å². The molecule has 0 bridgehead atoms. The molecule has 2 aromatic heterocycles. The number of aromatic nitrogens is 4. The summed E-state index contributed by atoms with van der Waals surface area (Å²) >= 11 is 0. The number of imidazole rings is 1. The number of nitrogens with zero attached hydrogens (tertiary/aromatic N) is 4. The van der Waals surface area contributed by atoms with Crippen molar-refractivity contribution < 1.29 is 5.11 Å². The van der Waals surface area contributed by atoms with Gasteiger partial charge in [0.1, 0.15) is 6.33 Å². The fourth-order valence-electron chi connectivity index (χ4n) is 1.91. The zero-order valence-electron chi connectivity index (χ0n) is 8.04. The lowest BCUT2D eigenvalue weighted by molar-refractivity contribution is 0.279. The Bertz CT molecular complexity index is 610. The fourth-order valence-corrected chi connectivity index (χ4v) is 1.91.